The molecule has 2 aromatic carbocycles. The normalized spacial score (nSPS) is 15.1. The number of ether oxygens (including phenoxy) is 1. The number of hydrogen-bond donors (Lipinski definition) is 1. The SMILES string of the molecule is COc1ccc2c(CC(=O)NC3(c4ccc(Br)cc4)CC3)coc2c1. The first kappa shape index (κ1) is 16.2. The van der Waals surface area contributed by atoms with Crippen molar-refractivity contribution in [1.29, 1.82) is 0 Å². The number of methoxy groups -OCH3 is 1. The molecule has 3 aromatic rings. The minimum absolute atomic E-state index is 0.0129. The van der Waals surface area contributed by atoms with E-state index in [1.165, 1.54) is 0 Å². The van der Waals surface area contributed by atoms with Crippen molar-refractivity contribution >= 4 is 32.8 Å². The molecule has 0 saturated heterocycles. The minimum atomic E-state index is -0.208. The van der Waals surface area contributed by atoms with E-state index in [1.54, 1.807) is 13.4 Å². The van der Waals surface area contributed by atoms with Gasteiger partial charge in [-0.3, -0.25) is 4.79 Å². The largest absolute Gasteiger partial charge is 0.497 e. The van der Waals surface area contributed by atoms with Crippen LogP contribution in [0.5, 0.6) is 5.75 Å². The van der Waals surface area contributed by atoms with Gasteiger partial charge in [0.1, 0.15) is 11.3 Å². The van der Waals surface area contributed by atoms with Gasteiger partial charge in [0.2, 0.25) is 5.91 Å². The molecule has 1 aliphatic rings. The Morgan fingerprint density at radius 1 is 1.24 bits per heavy atom. The number of nitrogens with one attached hydrogen (secondary N) is 1. The maximum atomic E-state index is 12.6. The number of halogens is 1. The number of carbonyl (C=O) groups excluding carboxylic acids is 1. The summed E-state index contributed by atoms with van der Waals surface area (Å²) < 4.78 is 11.8. The second-order valence-corrected chi connectivity index (χ2v) is 7.35. The fourth-order valence-corrected chi connectivity index (χ4v) is 3.46. The molecule has 128 valence electrons. The minimum Gasteiger partial charge on any atom is -0.497 e. The molecular weight excluding hydrogens is 382 g/mol. The van der Waals surface area contributed by atoms with Gasteiger partial charge in [0.15, 0.2) is 0 Å². The van der Waals surface area contributed by atoms with Gasteiger partial charge in [0.25, 0.3) is 0 Å². The van der Waals surface area contributed by atoms with E-state index in [4.69, 9.17) is 9.15 Å². The maximum absolute atomic E-state index is 12.6. The fraction of sp³-hybridized carbons (Fsp3) is 0.250. The van der Waals surface area contributed by atoms with Gasteiger partial charge in [-0.1, -0.05) is 28.1 Å². The van der Waals surface area contributed by atoms with Crippen LogP contribution in [0.15, 0.2) is 57.6 Å². The Morgan fingerprint density at radius 3 is 2.68 bits per heavy atom. The van der Waals surface area contributed by atoms with Crippen LogP contribution in [0.3, 0.4) is 0 Å². The third-order valence-electron chi connectivity index (χ3n) is 4.74. The second kappa shape index (κ2) is 6.23. The lowest BCUT2D eigenvalue weighted by molar-refractivity contribution is -0.121. The molecule has 0 radical (unpaired) electrons. The van der Waals surface area contributed by atoms with E-state index in [0.717, 1.165) is 45.2 Å². The first-order chi connectivity index (χ1) is 12.1. The van der Waals surface area contributed by atoms with E-state index in [1.807, 2.05) is 30.3 Å². The summed E-state index contributed by atoms with van der Waals surface area (Å²) in [6, 6.07) is 13.8. The van der Waals surface area contributed by atoms with Gasteiger partial charge in [-0.15, -0.1) is 0 Å². The highest BCUT2D eigenvalue weighted by molar-refractivity contribution is 9.10. The van der Waals surface area contributed by atoms with Crippen molar-refractivity contribution in [2.45, 2.75) is 24.8 Å². The molecule has 1 heterocycles. The van der Waals surface area contributed by atoms with Crippen molar-refractivity contribution in [1.82, 2.24) is 5.32 Å². The number of carbonyl (C=O) groups is 1. The Balaban J connectivity index is 1.50. The van der Waals surface area contributed by atoms with E-state index in [0.29, 0.717) is 6.42 Å². The van der Waals surface area contributed by atoms with Crippen LogP contribution in [0.1, 0.15) is 24.0 Å². The molecule has 1 aromatic heterocycles. The summed E-state index contributed by atoms with van der Waals surface area (Å²) in [4.78, 5) is 12.6. The van der Waals surface area contributed by atoms with Crippen LogP contribution < -0.4 is 10.1 Å². The highest BCUT2D eigenvalue weighted by Gasteiger charge is 2.45. The Hall–Kier alpha value is -2.27. The molecule has 0 bridgehead atoms. The Kier molecular flexibility index (Phi) is 4.04. The lowest BCUT2D eigenvalue weighted by Crippen LogP contribution is -2.35. The lowest BCUT2D eigenvalue weighted by Gasteiger charge is -2.18. The second-order valence-electron chi connectivity index (χ2n) is 6.44. The maximum Gasteiger partial charge on any atom is 0.225 e. The van der Waals surface area contributed by atoms with Gasteiger partial charge < -0.3 is 14.5 Å². The summed E-state index contributed by atoms with van der Waals surface area (Å²) in [6.07, 6.45) is 3.91. The number of furan rings is 1. The molecule has 1 fully saturated rings. The number of fused-ring (bicyclic) bond motifs is 1. The third-order valence-corrected chi connectivity index (χ3v) is 5.27. The van der Waals surface area contributed by atoms with E-state index in [-0.39, 0.29) is 11.4 Å². The smallest absolute Gasteiger partial charge is 0.225 e. The third kappa shape index (κ3) is 3.16. The highest BCUT2D eigenvalue weighted by Crippen LogP contribution is 2.45. The first-order valence-corrected chi connectivity index (χ1v) is 9.00. The van der Waals surface area contributed by atoms with Crippen LogP contribution in [0.2, 0.25) is 0 Å². The molecule has 5 heteroatoms. The number of benzene rings is 2. The topological polar surface area (TPSA) is 51.5 Å². The molecule has 25 heavy (non-hydrogen) atoms. The molecule has 0 unspecified atom stereocenters. The zero-order chi connectivity index (χ0) is 17.4. The summed E-state index contributed by atoms with van der Waals surface area (Å²) >= 11 is 3.45. The fourth-order valence-electron chi connectivity index (χ4n) is 3.19. The summed E-state index contributed by atoms with van der Waals surface area (Å²) in [5, 5.41) is 4.16. The number of rotatable bonds is 5. The number of hydrogen-bond acceptors (Lipinski definition) is 3. The van der Waals surface area contributed by atoms with E-state index in [2.05, 4.69) is 33.4 Å². The Bertz CT molecular complexity index is 926. The predicted molar refractivity (Wildman–Crippen MR) is 99.7 cm³/mol. The van der Waals surface area contributed by atoms with Crippen molar-refractivity contribution in [3.63, 3.8) is 0 Å². The van der Waals surface area contributed by atoms with Crippen LogP contribution in [0.25, 0.3) is 11.0 Å². The van der Waals surface area contributed by atoms with Gasteiger partial charge in [0.05, 0.1) is 25.3 Å². The van der Waals surface area contributed by atoms with Gasteiger partial charge in [-0.25, -0.2) is 0 Å². The van der Waals surface area contributed by atoms with Crippen molar-refractivity contribution in [3.05, 3.63) is 64.3 Å². The predicted octanol–water partition coefficient (Wildman–Crippen LogP) is 4.55. The monoisotopic (exact) mass is 399 g/mol. The molecular formula is C20H18BrNO3. The molecule has 1 amide bonds. The van der Waals surface area contributed by atoms with Crippen LogP contribution in [-0.4, -0.2) is 13.0 Å². The van der Waals surface area contributed by atoms with Crippen LogP contribution >= 0.6 is 15.9 Å². The molecule has 1 saturated carbocycles. The molecule has 1 N–H and O–H groups in total. The summed E-state index contributed by atoms with van der Waals surface area (Å²) in [5.74, 6) is 0.754. The average molecular weight is 400 g/mol. The molecule has 1 aliphatic carbocycles. The molecule has 0 spiro atoms. The summed E-state index contributed by atoms with van der Waals surface area (Å²) in [5.41, 5.74) is 2.57. The van der Waals surface area contributed by atoms with Crippen LogP contribution in [-0.2, 0) is 16.8 Å². The molecule has 4 nitrogen and oxygen atoms in total. The van der Waals surface area contributed by atoms with Crippen molar-refractivity contribution in [3.8, 4) is 5.75 Å². The number of amides is 1. The highest BCUT2D eigenvalue weighted by atomic mass is 79.9. The summed E-state index contributed by atoms with van der Waals surface area (Å²) in [7, 11) is 1.62. The van der Waals surface area contributed by atoms with Crippen LogP contribution in [0, 0.1) is 0 Å². The van der Waals surface area contributed by atoms with Gasteiger partial charge in [-0.05, 0) is 42.7 Å². The average Bonchev–Trinajstić information content (AvgIpc) is 3.29. The standard InChI is InChI=1S/C20H18BrNO3/c1-24-16-6-7-17-13(12-25-18(17)11-16)10-19(23)22-20(8-9-20)14-2-4-15(21)5-3-14/h2-7,11-12H,8-10H2,1H3,(H,22,23). The first-order valence-electron chi connectivity index (χ1n) is 8.21. The van der Waals surface area contributed by atoms with E-state index < -0.39 is 0 Å². The van der Waals surface area contributed by atoms with Crippen molar-refractivity contribution in [2.75, 3.05) is 7.11 Å². The van der Waals surface area contributed by atoms with E-state index in [9.17, 15) is 4.79 Å². The van der Waals surface area contributed by atoms with Crippen molar-refractivity contribution in [2.24, 2.45) is 0 Å². The zero-order valence-electron chi connectivity index (χ0n) is 13.8. The molecule has 0 atom stereocenters. The van der Waals surface area contributed by atoms with Gasteiger partial charge in [0, 0.05) is 21.5 Å². The van der Waals surface area contributed by atoms with Crippen molar-refractivity contribution < 1.29 is 13.9 Å². The molecule has 4 rings (SSSR count). The van der Waals surface area contributed by atoms with Gasteiger partial charge in [-0.2, -0.15) is 0 Å². The molecule has 0 aliphatic heterocycles. The quantitative estimate of drug-likeness (QED) is 0.684. The van der Waals surface area contributed by atoms with E-state index >= 15 is 0 Å². The lowest BCUT2D eigenvalue weighted by atomic mass is 10.0. The Morgan fingerprint density at radius 2 is 2.00 bits per heavy atom. The summed E-state index contributed by atoms with van der Waals surface area (Å²) in [6.45, 7) is 0. The van der Waals surface area contributed by atoms with Gasteiger partial charge >= 0.3 is 0 Å². The Labute approximate surface area is 154 Å². The zero-order valence-corrected chi connectivity index (χ0v) is 15.4. The van der Waals surface area contributed by atoms with Crippen LogP contribution in [0.4, 0.5) is 0 Å².